The number of nitrogens with zero attached hydrogens (tertiary/aromatic N) is 1. The smallest absolute Gasteiger partial charge is 0.258 e. The minimum Gasteiger partial charge on any atom is -0.497 e. The third-order valence-electron chi connectivity index (χ3n) is 5.71. The van der Waals surface area contributed by atoms with Crippen LogP contribution in [0, 0.1) is 17.5 Å². The van der Waals surface area contributed by atoms with Crippen LogP contribution in [0.4, 0.5) is 18.9 Å². The van der Waals surface area contributed by atoms with Crippen molar-refractivity contribution >= 4 is 23.1 Å². The first kappa shape index (κ1) is 24.2. The molecule has 1 heterocycles. The van der Waals surface area contributed by atoms with E-state index in [-0.39, 0.29) is 23.4 Å². The number of anilines is 1. The number of carbonyl (C=O) groups is 2. The second-order valence-electron chi connectivity index (χ2n) is 8.95. The van der Waals surface area contributed by atoms with Crippen molar-refractivity contribution in [3.8, 4) is 5.75 Å². The van der Waals surface area contributed by atoms with Crippen molar-refractivity contribution in [3.63, 3.8) is 0 Å². The summed E-state index contributed by atoms with van der Waals surface area (Å²) >= 11 is 0. The highest BCUT2D eigenvalue weighted by Crippen LogP contribution is 2.31. The van der Waals surface area contributed by atoms with Crippen molar-refractivity contribution in [2.24, 2.45) is 4.99 Å². The molecule has 1 aliphatic rings. The molecule has 0 aromatic heterocycles. The van der Waals surface area contributed by atoms with E-state index in [0.29, 0.717) is 29.2 Å². The van der Waals surface area contributed by atoms with Gasteiger partial charge in [0.2, 0.25) is 0 Å². The fraction of sp³-hybridized carbons (Fsp3) is 0.222. The molecule has 0 spiro atoms. The Morgan fingerprint density at radius 1 is 1.00 bits per heavy atom. The zero-order chi connectivity index (χ0) is 25.3. The molecule has 0 unspecified atom stereocenters. The summed E-state index contributed by atoms with van der Waals surface area (Å²) in [4.78, 5) is 30.4. The number of fused-ring (bicyclic) bond motifs is 1. The van der Waals surface area contributed by atoms with Gasteiger partial charge < -0.3 is 10.1 Å². The number of halogens is 3. The number of ketones is 1. The molecule has 35 heavy (non-hydrogen) atoms. The zero-order valence-electron chi connectivity index (χ0n) is 19.4. The van der Waals surface area contributed by atoms with Crippen molar-refractivity contribution in [1.82, 2.24) is 0 Å². The van der Waals surface area contributed by atoms with E-state index in [2.05, 4.69) is 5.32 Å². The number of rotatable bonds is 6. The minimum atomic E-state index is -1.39. The average Bonchev–Trinajstić information content (AvgIpc) is 2.80. The van der Waals surface area contributed by atoms with Crippen LogP contribution < -0.4 is 10.1 Å². The van der Waals surface area contributed by atoms with Gasteiger partial charge in [0, 0.05) is 22.9 Å². The maximum atomic E-state index is 13.9. The Kier molecular flexibility index (Phi) is 6.47. The Morgan fingerprint density at radius 3 is 2.49 bits per heavy atom. The lowest BCUT2D eigenvalue weighted by molar-refractivity contribution is 0.0995. The van der Waals surface area contributed by atoms with Gasteiger partial charge in [0.25, 0.3) is 5.91 Å². The van der Waals surface area contributed by atoms with Gasteiger partial charge in [-0.3, -0.25) is 14.6 Å². The Bertz CT molecular complexity index is 1370. The molecule has 0 aliphatic carbocycles. The predicted molar refractivity (Wildman–Crippen MR) is 127 cm³/mol. The van der Waals surface area contributed by atoms with Gasteiger partial charge in [-0.2, -0.15) is 0 Å². The molecule has 0 bridgehead atoms. The van der Waals surface area contributed by atoms with Crippen molar-refractivity contribution in [1.29, 1.82) is 0 Å². The number of nitrogens with one attached hydrogen (secondary N) is 1. The van der Waals surface area contributed by atoms with E-state index in [1.54, 1.807) is 19.2 Å². The molecule has 1 N–H and O–H groups in total. The van der Waals surface area contributed by atoms with Crippen LogP contribution in [0.2, 0.25) is 0 Å². The molecule has 3 aromatic rings. The Balaban J connectivity index is 1.56. The summed E-state index contributed by atoms with van der Waals surface area (Å²) in [6, 6.07) is 12.6. The van der Waals surface area contributed by atoms with Crippen LogP contribution in [0.15, 0.2) is 59.6 Å². The number of ether oxygens (including phenoxy) is 1. The standard InChI is InChI=1S/C27H23F3N2O3/c1-27(2)14-16-7-8-18(35-3)10-19(16)24(32-27)13-25(33)15-5-4-6-17(9-15)31-26(34)20-11-22(29)23(30)12-21(20)28/h4-12H,13-14H2,1-3H3,(H,31,34). The molecule has 0 saturated heterocycles. The maximum absolute atomic E-state index is 13.9. The van der Waals surface area contributed by atoms with Crippen LogP contribution in [0.5, 0.6) is 5.75 Å². The molecule has 1 amide bonds. The van der Waals surface area contributed by atoms with Gasteiger partial charge in [-0.15, -0.1) is 0 Å². The summed E-state index contributed by atoms with van der Waals surface area (Å²) in [5.41, 5.74) is 2.06. The van der Waals surface area contributed by atoms with E-state index in [1.807, 2.05) is 32.0 Å². The molecule has 8 heteroatoms. The minimum absolute atomic E-state index is 0.0266. The summed E-state index contributed by atoms with van der Waals surface area (Å²) < 4.78 is 45.9. The number of hydrogen-bond donors (Lipinski definition) is 1. The van der Waals surface area contributed by atoms with E-state index in [0.717, 1.165) is 17.5 Å². The second-order valence-corrected chi connectivity index (χ2v) is 8.95. The number of carbonyl (C=O) groups excluding carboxylic acids is 2. The van der Waals surface area contributed by atoms with Gasteiger partial charge in [-0.1, -0.05) is 18.2 Å². The van der Waals surface area contributed by atoms with E-state index in [9.17, 15) is 22.8 Å². The molecule has 0 atom stereocenters. The van der Waals surface area contributed by atoms with Crippen molar-refractivity contribution in [3.05, 3.63) is 94.3 Å². The van der Waals surface area contributed by atoms with Crippen molar-refractivity contribution < 1.29 is 27.5 Å². The number of amides is 1. The third kappa shape index (κ3) is 5.26. The molecule has 5 nitrogen and oxygen atoms in total. The van der Waals surface area contributed by atoms with Gasteiger partial charge in [-0.25, -0.2) is 13.2 Å². The Morgan fingerprint density at radius 2 is 1.74 bits per heavy atom. The fourth-order valence-corrected chi connectivity index (χ4v) is 4.09. The number of methoxy groups -OCH3 is 1. The van der Waals surface area contributed by atoms with Crippen molar-refractivity contribution in [2.45, 2.75) is 32.2 Å². The molecule has 0 fully saturated rings. The van der Waals surface area contributed by atoms with Crippen LogP contribution >= 0.6 is 0 Å². The highest BCUT2D eigenvalue weighted by atomic mass is 19.2. The van der Waals surface area contributed by atoms with Gasteiger partial charge in [0.1, 0.15) is 11.6 Å². The SMILES string of the molecule is COc1ccc2c(c1)C(CC(=O)c1cccc(NC(=O)c3cc(F)c(F)cc3F)c1)=NC(C)(C)C2. The van der Waals surface area contributed by atoms with Crippen LogP contribution in [-0.2, 0) is 6.42 Å². The highest BCUT2D eigenvalue weighted by molar-refractivity contribution is 6.17. The Hall–Kier alpha value is -3.94. The van der Waals surface area contributed by atoms with Gasteiger partial charge in [-0.05, 0) is 56.2 Å². The topological polar surface area (TPSA) is 67.8 Å². The molecular weight excluding hydrogens is 457 g/mol. The van der Waals surface area contributed by atoms with Crippen LogP contribution in [-0.4, -0.2) is 30.1 Å². The number of benzene rings is 3. The lowest BCUT2D eigenvalue weighted by Crippen LogP contribution is -2.30. The van der Waals surface area contributed by atoms with Crippen LogP contribution in [0.25, 0.3) is 0 Å². The predicted octanol–water partition coefficient (Wildman–Crippen LogP) is 5.76. The van der Waals surface area contributed by atoms with Crippen molar-refractivity contribution in [2.75, 3.05) is 12.4 Å². The third-order valence-corrected chi connectivity index (χ3v) is 5.71. The summed E-state index contributed by atoms with van der Waals surface area (Å²) in [5.74, 6) is -4.46. The quantitative estimate of drug-likeness (QED) is 0.360. The first-order chi connectivity index (χ1) is 16.6. The highest BCUT2D eigenvalue weighted by Gasteiger charge is 2.28. The molecule has 4 rings (SSSR count). The molecule has 3 aromatic carbocycles. The van der Waals surface area contributed by atoms with Crippen LogP contribution in [0.3, 0.4) is 0 Å². The van der Waals surface area contributed by atoms with E-state index in [1.165, 1.54) is 12.1 Å². The Labute approximate surface area is 200 Å². The average molecular weight is 480 g/mol. The largest absolute Gasteiger partial charge is 0.497 e. The normalized spacial score (nSPS) is 14.1. The second kappa shape index (κ2) is 9.37. The van der Waals surface area contributed by atoms with E-state index >= 15 is 0 Å². The number of hydrogen-bond acceptors (Lipinski definition) is 4. The van der Waals surface area contributed by atoms with E-state index in [4.69, 9.17) is 9.73 Å². The summed E-state index contributed by atoms with van der Waals surface area (Å²) in [6.45, 7) is 4.00. The van der Waals surface area contributed by atoms with Crippen LogP contribution in [0.1, 0.15) is 52.1 Å². The summed E-state index contributed by atoms with van der Waals surface area (Å²) in [7, 11) is 1.57. The molecule has 180 valence electrons. The maximum Gasteiger partial charge on any atom is 0.258 e. The van der Waals surface area contributed by atoms with Gasteiger partial charge in [0.05, 0.1) is 30.3 Å². The molecule has 0 saturated carbocycles. The monoisotopic (exact) mass is 480 g/mol. The molecule has 0 radical (unpaired) electrons. The lowest BCUT2D eigenvalue weighted by atomic mass is 9.85. The number of aliphatic imine (C=N–C) groups is 1. The molecule has 1 aliphatic heterocycles. The summed E-state index contributed by atoms with van der Waals surface area (Å²) in [5, 5.41) is 2.42. The van der Waals surface area contributed by atoms with E-state index < -0.39 is 28.9 Å². The van der Waals surface area contributed by atoms with Gasteiger partial charge in [0.15, 0.2) is 17.4 Å². The fourth-order valence-electron chi connectivity index (χ4n) is 4.09. The first-order valence-electron chi connectivity index (χ1n) is 10.9. The van der Waals surface area contributed by atoms with Gasteiger partial charge >= 0.3 is 0 Å². The zero-order valence-corrected chi connectivity index (χ0v) is 19.4. The first-order valence-corrected chi connectivity index (χ1v) is 10.9. The lowest BCUT2D eigenvalue weighted by Gasteiger charge is -2.29. The summed E-state index contributed by atoms with van der Waals surface area (Å²) in [6.07, 6.45) is 0.755. The molecular formula is C27H23F3N2O3. The number of Topliss-reactive ketones (excluding diaryl/α,β-unsaturated/α-hetero) is 1.